The Morgan fingerprint density at radius 1 is 1.30 bits per heavy atom. The second-order valence-electron chi connectivity index (χ2n) is 6.54. The van der Waals surface area contributed by atoms with Gasteiger partial charge >= 0.3 is 0 Å². The quantitative estimate of drug-likeness (QED) is 0.812. The Balaban J connectivity index is 1.93. The molecule has 0 aliphatic carbocycles. The molecule has 1 aromatic heterocycles. The van der Waals surface area contributed by atoms with E-state index in [9.17, 15) is 13.2 Å². The topological polar surface area (TPSA) is 88.6 Å². The Morgan fingerprint density at radius 2 is 2.04 bits per heavy atom. The summed E-state index contributed by atoms with van der Waals surface area (Å²) in [5.41, 5.74) is 2.61. The molecular weight excluding hydrogens is 366 g/mol. The molecular formula is C19H23N3O4S. The summed E-state index contributed by atoms with van der Waals surface area (Å²) in [6.45, 7) is 0.582. The molecule has 144 valence electrons. The number of carbonyl (C=O) groups excluding carboxylic acids is 1. The number of nitrogens with one attached hydrogen (secondary N) is 1. The van der Waals surface area contributed by atoms with Crippen LogP contribution < -0.4 is 14.4 Å². The zero-order chi connectivity index (χ0) is 19.4. The first-order valence-corrected chi connectivity index (χ1v) is 10.6. The van der Waals surface area contributed by atoms with Gasteiger partial charge in [0.05, 0.1) is 31.2 Å². The molecule has 0 radical (unpaired) electrons. The second kappa shape index (κ2) is 8.06. The highest BCUT2D eigenvalue weighted by Crippen LogP contribution is 2.30. The maximum absolute atomic E-state index is 13.4. The molecule has 1 atom stereocenters. The molecule has 1 aromatic carbocycles. The Kier molecular flexibility index (Phi) is 5.76. The van der Waals surface area contributed by atoms with Crippen LogP contribution in [0.4, 0.5) is 5.69 Å². The third-order valence-corrected chi connectivity index (χ3v) is 5.33. The van der Waals surface area contributed by atoms with Crippen molar-refractivity contribution in [2.24, 2.45) is 0 Å². The maximum atomic E-state index is 13.4. The molecule has 0 bridgehead atoms. The number of pyridine rings is 1. The van der Waals surface area contributed by atoms with Gasteiger partial charge < -0.3 is 9.64 Å². The number of anilines is 1. The first kappa shape index (κ1) is 19.3. The molecule has 7 nitrogen and oxygen atoms in total. The van der Waals surface area contributed by atoms with Gasteiger partial charge in [-0.25, -0.2) is 13.1 Å². The zero-order valence-corrected chi connectivity index (χ0v) is 16.2. The number of sulfonamides is 1. The first-order valence-electron chi connectivity index (χ1n) is 8.72. The van der Waals surface area contributed by atoms with Gasteiger partial charge in [-0.2, -0.15) is 0 Å². The van der Waals surface area contributed by atoms with Gasteiger partial charge in [-0.15, -0.1) is 0 Å². The first-order chi connectivity index (χ1) is 12.9. The lowest BCUT2D eigenvalue weighted by molar-refractivity contribution is -0.120. The minimum atomic E-state index is -3.42. The Labute approximate surface area is 159 Å². The lowest BCUT2D eigenvalue weighted by Gasteiger charge is -2.32. The molecule has 0 fully saturated rings. The molecule has 0 saturated heterocycles. The van der Waals surface area contributed by atoms with E-state index in [0.29, 0.717) is 12.3 Å². The fraction of sp³-hybridized carbons (Fsp3) is 0.368. The number of aromatic nitrogens is 1. The number of carbonyl (C=O) groups is 1. The molecule has 2 aromatic rings. The zero-order valence-electron chi connectivity index (χ0n) is 15.4. The minimum absolute atomic E-state index is 0.00388. The van der Waals surface area contributed by atoms with Crippen LogP contribution in [-0.2, 0) is 21.2 Å². The van der Waals surface area contributed by atoms with E-state index in [4.69, 9.17) is 4.74 Å². The number of amides is 1. The summed E-state index contributed by atoms with van der Waals surface area (Å²) < 4.78 is 30.8. The van der Waals surface area contributed by atoms with Gasteiger partial charge in [0.1, 0.15) is 5.75 Å². The summed E-state index contributed by atoms with van der Waals surface area (Å²) in [7, 11) is -1.85. The van der Waals surface area contributed by atoms with Crippen molar-refractivity contribution in [2.75, 3.05) is 31.4 Å². The van der Waals surface area contributed by atoms with Crippen molar-refractivity contribution in [1.29, 1.82) is 0 Å². The fourth-order valence-electron chi connectivity index (χ4n) is 3.25. The molecule has 27 heavy (non-hydrogen) atoms. The van der Waals surface area contributed by atoms with E-state index < -0.39 is 15.9 Å². The highest BCUT2D eigenvalue weighted by atomic mass is 32.2. The predicted octanol–water partition coefficient (Wildman–Crippen LogP) is 1.70. The van der Waals surface area contributed by atoms with Crippen LogP contribution >= 0.6 is 0 Å². The van der Waals surface area contributed by atoms with Gasteiger partial charge in [-0.1, -0.05) is 12.1 Å². The average Bonchev–Trinajstić information content (AvgIpc) is 2.67. The molecule has 8 heteroatoms. The molecule has 1 N–H and O–H groups in total. The number of fused-ring (bicyclic) bond motifs is 1. The number of aryl methyl sites for hydroxylation is 1. The summed E-state index contributed by atoms with van der Waals surface area (Å²) in [6, 6.07) is 9.04. The van der Waals surface area contributed by atoms with Crippen molar-refractivity contribution in [1.82, 2.24) is 9.71 Å². The van der Waals surface area contributed by atoms with Crippen molar-refractivity contribution >= 4 is 21.6 Å². The second-order valence-corrected chi connectivity index (χ2v) is 8.38. The lowest BCUT2D eigenvalue weighted by Crippen LogP contribution is -2.42. The summed E-state index contributed by atoms with van der Waals surface area (Å²) in [6.07, 6.45) is 6.26. The fourth-order valence-corrected chi connectivity index (χ4v) is 3.72. The van der Waals surface area contributed by atoms with E-state index in [-0.39, 0.29) is 12.5 Å². The number of hydrogen-bond acceptors (Lipinski definition) is 5. The van der Waals surface area contributed by atoms with E-state index >= 15 is 0 Å². The van der Waals surface area contributed by atoms with Crippen molar-refractivity contribution in [2.45, 2.75) is 18.8 Å². The van der Waals surface area contributed by atoms with E-state index in [1.165, 1.54) is 0 Å². The van der Waals surface area contributed by atoms with Gasteiger partial charge in [-0.05, 0) is 42.2 Å². The third kappa shape index (κ3) is 4.64. The summed E-state index contributed by atoms with van der Waals surface area (Å²) in [5, 5.41) is 0. The van der Waals surface area contributed by atoms with Gasteiger partial charge in [0.2, 0.25) is 15.9 Å². The van der Waals surface area contributed by atoms with Gasteiger partial charge in [0.25, 0.3) is 0 Å². The predicted molar refractivity (Wildman–Crippen MR) is 103 cm³/mol. The largest absolute Gasteiger partial charge is 0.497 e. The van der Waals surface area contributed by atoms with Crippen LogP contribution in [0.25, 0.3) is 0 Å². The molecule has 1 aliphatic rings. The summed E-state index contributed by atoms with van der Waals surface area (Å²) >= 11 is 0. The molecule has 0 unspecified atom stereocenters. The molecule has 1 aliphatic heterocycles. The maximum Gasteiger partial charge on any atom is 0.235 e. The SMILES string of the molecule is COc1ccc([C@@H](CNS(C)(=O)=O)C(=O)N2CCCc3ccncc32)cc1. The van der Waals surface area contributed by atoms with Crippen molar-refractivity contribution in [3.63, 3.8) is 0 Å². The van der Waals surface area contributed by atoms with Crippen LogP contribution in [0.15, 0.2) is 42.7 Å². The molecule has 3 rings (SSSR count). The van der Waals surface area contributed by atoms with Crippen molar-refractivity contribution < 1.29 is 17.9 Å². The van der Waals surface area contributed by atoms with Crippen LogP contribution in [0.3, 0.4) is 0 Å². The number of ether oxygens (including phenoxy) is 1. The monoisotopic (exact) mass is 389 g/mol. The molecule has 2 heterocycles. The molecule has 0 saturated carbocycles. The number of benzene rings is 1. The van der Waals surface area contributed by atoms with Gasteiger partial charge in [0.15, 0.2) is 0 Å². The van der Waals surface area contributed by atoms with Crippen molar-refractivity contribution in [3.05, 3.63) is 53.9 Å². The number of hydrogen-bond donors (Lipinski definition) is 1. The smallest absolute Gasteiger partial charge is 0.235 e. The van der Waals surface area contributed by atoms with Gasteiger partial charge in [0, 0.05) is 19.3 Å². The number of nitrogens with zero attached hydrogens (tertiary/aromatic N) is 2. The normalized spacial score (nSPS) is 15.1. The lowest BCUT2D eigenvalue weighted by atomic mass is 9.95. The van der Waals surface area contributed by atoms with E-state index in [0.717, 1.165) is 35.9 Å². The van der Waals surface area contributed by atoms with E-state index in [1.54, 1.807) is 48.7 Å². The highest BCUT2D eigenvalue weighted by molar-refractivity contribution is 7.88. The van der Waals surface area contributed by atoms with E-state index in [1.807, 2.05) is 6.07 Å². The Hall–Kier alpha value is -2.45. The summed E-state index contributed by atoms with van der Waals surface area (Å²) in [4.78, 5) is 19.2. The Morgan fingerprint density at radius 3 is 2.70 bits per heavy atom. The van der Waals surface area contributed by atoms with E-state index in [2.05, 4.69) is 9.71 Å². The average molecular weight is 389 g/mol. The molecule has 1 amide bonds. The minimum Gasteiger partial charge on any atom is -0.497 e. The van der Waals surface area contributed by atoms with Crippen molar-refractivity contribution in [3.8, 4) is 5.75 Å². The number of rotatable bonds is 6. The summed E-state index contributed by atoms with van der Waals surface area (Å²) in [5.74, 6) is -0.115. The number of methoxy groups -OCH3 is 1. The molecule has 0 spiro atoms. The van der Waals surface area contributed by atoms with Gasteiger partial charge in [-0.3, -0.25) is 9.78 Å². The van der Waals surface area contributed by atoms with Crippen LogP contribution in [0.1, 0.15) is 23.5 Å². The van der Waals surface area contributed by atoms with Crippen LogP contribution in [0.5, 0.6) is 5.75 Å². The van der Waals surface area contributed by atoms with Crippen LogP contribution in [0, 0.1) is 0 Å². The van der Waals surface area contributed by atoms with Crippen LogP contribution in [-0.4, -0.2) is 45.8 Å². The third-order valence-electron chi connectivity index (χ3n) is 4.64. The van der Waals surface area contributed by atoms with Crippen LogP contribution in [0.2, 0.25) is 0 Å². The Bertz CT molecular complexity index is 913. The highest BCUT2D eigenvalue weighted by Gasteiger charge is 2.30. The standard InChI is InChI=1S/C19H23N3O4S/c1-26-16-7-5-14(6-8-16)17(12-21-27(2,24)25)19(23)22-11-3-4-15-9-10-20-13-18(15)22/h5-10,13,17,21H,3-4,11-12H2,1-2H3/t17-/m1/s1.